The van der Waals surface area contributed by atoms with Crippen LogP contribution < -0.4 is 0 Å². The first-order valence-electron chi connectivity index (χ1n) is 9.29. The maximum atomic E-state index is 12.4. The molecule has 0 aromatic carbocycles. The molecular formula is C19H30O3. The lowest BCUT2D eigenvalue weighted by Gasteiger charge is -2.63. The van der Waals surface area contributed by atoms with Crippen molar-refractivity contribution in [1.82, 2.24) is 0 Å². The van der Waals surface area contributed by atoms with E-state index in [-0.39, 0.29) is 10.8 Å². The van der Waals surface area contributed by atoms with Crippen LogP contribution in [0.3, 0.4) is 0 Å². The van der Waals surface area contributed by atoms with Crippen LogP contribution in [0.4, 0.5) is 0 Å². The molecule has 0 amide bonds. The average molecular weight is 306 g/mol. The van der Waals surface area contributed by atoms with E-state index in [2.05, 4.69) is 13.8 Å². The molecule has 0 radical (unpaired) electrons. The van der Waals surface area contributed by atoms with E-state index in [1.807, 2.05) is 0 Å². The fourth-order valence-electron chi connectivity index (χ4n) is 7.13. The second-order valence-corrected chi connectivity index (χ2v) is 9.06. The molecule has 4 fully saturated rings. The Labute approximate surface area is 133 Å². The third-order valence-electron chi connectivity index (χ3n) is 8.55. The minimum Gasteiger partial charge on any atom is -0.365 e. The highest BCUT2D eigenvalue weighted by Crippen LogP contribution is 2.67. The van der Waals surface area contributed by atoms with Crippen LogP contribution in [0.1, 0.15) is 71.6 Å². The van der Waals surface area contributed by atoms with E-state index in [9.17, 15) is 15.0 Å². The Morgan fingerprint density at radius 2 is 1.73 bits per heavy atom. The summed E-state index contributed by atoms with van der Waals surface area (Å²) in [4.78, 5) is 12.4. The number of hydrogen-bond acceptors (Lipinski definition) is 3. The van der Waals surface area contributed by atoms with E-state index in [1.54, 1.807) is 0 Å². The van der Waals surface area contributed by atoms with Crippen molar-refractivity contribution in [2.24, 2.45) is 34.5 Å². The van der Waals surface area contributed by atoms with Crippen LogP contribution in [0.15, 0.2) is 0 Å². The number of hydrogen-bond donors (Lipinski definition) is 2. The number of Topliss-reactive ketones (excluding diaryl/α,β-unsaturated/α-hetero) is 1. The van der Waals surface area contributed by atoms with Crippen LogP contribution in [0.2, 0.25) is 0 Å². The van der Waals surface area contributed by atoms with Gasteiger partial charge >= 0.3 is 0 Å². The van der Waals surface area contributed by atoms with Gasteiger partial charge in [0.2, 0.25) is 0 Å². The molecule has 3 heteroatoms. The number of carbonyl (C=O) groups excluding carboxylic acids is 1. The van der Waals surface area contributed by atoms with Gasteiger partial charge in [0.05, 0.1) is 0 Å². The molecule has 22 heavy (non-hydrogen) atoms. The second kappa shape index (κ2) is 4.57. The highest BCUT2D eigenvalue weighted by molar-refractivity contribution is 5.87. The predicted octanol–water partition coefficient (Wildman–Crippen LogP) is 3.28. The normalized spacial score (nSPS) is 53.5. The standard InChI is InChI=1S/C19H30O3/c1-17-11-9-15-13(14(17)7-8-16(17)20)6-5-12-4-3-10-19(21,22)18(12,15)2/h12-15,21-22H,3-11H2,1-2H3/t12-,13+,14+,15+,17+,18+/m1/s1. The van der Waals surface area contributed by atoms with Gasteiger partial charge in [0.1, 0.15) is 5.78 Å². The third-order valence-corrected chi connectivity index (χ3v) is 8.55. The fourth-order valence-corrected chi connectivity index (χ4v) is 7.13. The van der Waals surface area contributed by atoms with Gasteiger partial charge in [0.25, 0.3) is 0 Å². The van der Waals surface area contributed by atoms with Gasteiger partial charge in [-0.3, -0.25) is 4.79 Å². The van der Waals surface area contributed by atoms with Crippen molar-refractivity contribution in [3.8, 4) is 0 Å². The molecule has 0 aromatic heterocycles. The van der Waals surface area contributed by atoms with Crippen LogP contribution in [-0.4, -0.2) is 21.8 Å². The topological polar surface area (TPSA) is 57.5 Å². The van der Waals surface area contributed by atoms with Gasteiger partial charge in [-0.05, 0) is 68.6 Å². The Morgan fingerprint density at radius 3 is 2.50 bits per heavy atom. The van der Waals surface area contributed by atoms with E-state index < -0.39 is 5.79 Å². The van der Waals surface area contributed by atoms with Crippen LogP contribution >= 0.6 is 0 Å². The summed E-state index contributed by atoms with van der Waals surface area (Å²) in [5.74, 6) is 0.767. The van der Waals surface area contributed by atoms with Crippen molar-refractivity contribution in [3.63, 3.8) is 0 Å². The highest BCUT2D eigenvalue weighted by Gasteiger charge is 2.65. The van der Waals surface area contributed by atoms with E-state index >= 15 is 0 Å². The highest BCUT2D eigenvalue weighted by atomic mass is 16.5. The Kier molecular flexibility index (Phi) is 3.14. The molecule has 124 valence electrons. The van der Waals surface area contributed by atoms with Crippen LogP contribution in [-0.2, 0) is 4.79 Å². The van der Waals surface area contributed by atoms with Gasteiger partial charge < -0.3 is 10.2 Å². The van der Waals surface area contributed by atoms with Crippen LogP contribution in [0.5, 0.6) is 0 Å². The first kappa shape index (κ1) is 15.1. The summed E-state index contributed by atoms with van der Waals surface area (Å²) in [6.45, 7) is 4.33. The maximum Gasteiger partial charge on any atom is 0.168 e. The van der Waals surface area contributed by atoms with Crippen molar-refractivity contribution < 1.29 is 15.0 Å². The third kappa shape index (κ3) is 1.67. The number of ketones is 1. The van der Waals surface area contributed by atoms with Gasteiger partial charge in [-0.25, -0.2) is 0 Å². The van der Waals surface area contributed by atoms with Gasteiger partial charge in [0, 0.05) is 23.7 Å². The van der Waals surface area contributed by atoms with Crippen molar-refractivity contribution >= 4 is 5.78 Å². The minimum absolute atomic E-state index is 0.118. The SMILES string of the molecule is C[C@@]12[C@H](CCCC1(O)O)CC[C@@H]1[C@@H]2CC[C@]2(C)C(=O)CC[C@@H]12. The molecule has 4 aliphatic carbocycles. The Balaban J connectivity index is 1.72. The molecular weight excluding hydrogens is 276 g/mol. The lowest BCUT2D eigenvalue weighted by molar-refractivity contribution is -0.312. The quantitative estimate of drug-likeness (QED) is 0.675. The summed E-state index contributed by atoms with van der Waals surface area (Å²) in [6, 6.07) is 0. The Morgan fingerprint density at radius 1 is 0.955 bits per heavy atom. The maximum absolute atomic E-state index is 12.4. The summed E-state index contributed by atoms with van der Waals surface area (Å²) in [7, 11) is 0. The van der Waals surface area contributed by atoms with Crippen molar-refractivity contribution in [2.45, 2.75) is 77.4 Å². The van der Waals surface area contributed by atoms with Gasteiger partial charge in [-0.1, -0.05) is 13.8 Å². The number of carbonyl (C=O) groups is 1. The van der Waals surface area contributed by atoms with Crippen LogP contribution in [0, 0.1) is 34.5 Å². The Bertz CT molecular complexity index is 499. The molecule has 0 aliphatic heterocycles. The summed E-state index contributed by atoms with van der Waals surface area (Å²) < 4.78 is 0. The van der Waals surface area contributed by atoms with Gasteiger partial charge in [0.15, 0.2) is 5.79 Å². The van der Waals surface area contributed by atoms with Crippen molar-refractivity contribution in [3.05, 3.63) is 0 Å². The molecule has 0 heterocycles. The lowest BCUT2D eigenvalue weighted by atomic mass is 9.44. The minimum atomic E-state index is -1.52. The molecule has 4 saturated carbocycles. The summed E-state index contributed by atoms with van der Waals surface area (Å²) in [6.07, 6.45) is 8.62. The van der Waals surface area contributed by atoms with Crippen molar-refractivity contribution in [1.29, 1.82) is 0 Å². The van der Waals surface area contributed by atoms with Crippen molar-refractivity contribution in [2.75, 3.05) is 0 Å². The zero-order valence-corrected chi connectivity index (χ0v) is 14.0. The van der Waals surface area contributed by atoms with E-state index in [0.717, 1.165) is 44.9 Å². The molecule has 0 aromatic rings. The molecule has 3 nitrogen and oxygen atoms in total. The van der Waals surface area contributed by atoms with E-state index in [1.165, 1.54) is 6.42 Å². The van der Waals surface area contributed by atoms with E-state index in [0.29, 0.717) is 35.9 Å². The van der Waals surface area contributed by atoms with Gasteiger partial charge in [-0.15, -0.1) is 0 Å². The second-order valence-electron chi connectivity index (χ2n) is 9.06. The molecule has 6 atom stereocenters. The van der Waals surface area contributed by atoms with Crippen LogP contribution in [0.25, 0.3) is 0 Å². The first-order valence-corrected chi connectivity index (χ1v) is 9.29. The summed E-state index contributed by atoms with van der Waals surface area (Å²) in [5, 5.41) is 21.6. The largest absolute Gasteiger partial charge is 0.365 e. The molecule has 0 spiro atoms. The molecule has 4 aliphatic rings. The monoisotopic (exact) mass is 306 g/mol. The van der Waals surface area contributed by atoms with E-state index in [4.69, 9.17) is 0 Å². The smallest absolute Gasteiger partial charge is 0.168 e. The predicted molar refractivity (Wildman–Crippen MR) is 83.9 cm³/mol. The fraction of sp³-hybridized carbons (Fsp3) is 0.947. The number of aliphatic hydroxyl groups is 2. The van der Waals surface area contributed by atoms with Gasteiger partial charge in [-0.2, -0.15) is 0 Å². The zero-order valence-electron chi connectivity index (χ0n) is 14.0. The molecule has 0 saturated heterocycles. The molecule has 0 bridgehead atoms. The zero-order chi connectivity index (χ0) is 15.8. The summed E-state index contributed by atoms with van der Waals surface area (Å²) >= 11 is 0. The number of rotatable bonds is 0. The average Bonchev–Trinajstić information content (AvgIpc) is 2.76. The molecule has 4 rings (SSSR count). The lowest BCUT2D eigenvalue weighted by Crippen LogP contribution is -2.63. The Hall–Kier alpha value is -0.410. The number of fused-ring (bicyclic) bond motifs is 5. The first-order chi connectivity index (χ1) is 10.3. The summed E-state index contributed by atoms with van der Waals surface area (Å²) in [5.41, 5.74) is -0.492. The molecule has 2 N–H and O–H groups in total. The molecule has 0 unspecified atom stereocenters.